The van der Waals surface area contributed by atoms with E-state index in [9.17, 15) is 19.6 Å². The van der Waals surface area contributed by atoms with E-state index in [1.807, 2.05) is 12.1 Å². The maximum Gasteiger partial charge on any atom is 0.269 e. The van der Waals surface area contributed by atoms with E-state index < -0.39 is 11.8 Å². The number of hydrazine groups is 1. The second kappa shape index (κ2) is 10.7. The number of carbonyl (C=O) groups is 3. The van der Waals surface area contributed by atoms with Gasteiger partial charge >= 0.3 is 0 Å². The maximum atomic E-state index is 12.6. The van der Waals surface area contributed by atoms with Crippen molar-refractivity contribution in [3.63, 3.8) is 0 Å². The van der Waals surface area contributed by atoms with Crippen LogP contribution in [0, 0.1) is 18.3 Å². The summed E-state index contributed by atoms with van der Waals surface area (Å²) in [6.45, 7) is 1.66. The van der Waals surface area contributed by atoms with Gasteiger partial charge in [0, 0.05) is 11.3 Å². The van der Waals surface area contributed by atoms with Crippen LogP contribution in [0.3, 0.4) is 0 Å². The smallest absolute Gasteiger partial charge is 0.269 e. The van der Waals surface area contributed by atoms with Crippen molar-refractivity contribution in [1.29, 1.82) is 5.26 Å². The van der Waals surface area contributed by atoms with Gasteiger partial charge in [-0.25, -0.2) is 4.98 Å². The minimum absolute atomic E-state index is 0.0776. The second-order valence-corrected chi connectivity index (χ2v) is 7.53. The molecule has 160 valence electrons. The number of anilines is 1. The van der Waals surface area contributed by atoms with Gasteiger partial charge in [-0.2, -0.15) is 5.26 Å². The van der Waals surface area contributed by atoms with Gasteiger partial charge in [0.15, 0.2) is 0 Å². The van der Waals surface area contributed by atoms with Crippen molar-refractivity contribution in [2.45, 2.75) is 11.9 Å². The summed E-state index contributed by atoms with van der Waals surface area (Å²) in [6, 6.07) is 20.9. The van der Waals surface area contributed by atoms with Crippen molar-refractivity contribution in [2.75, 3.05) is 11.1 Å². The zero-order chi connectivity index (χ0) is 22.9. The van der Waals surface area contributed by atoms with Gasteiger partial charge in [-0.15, -0.1) is 0 Å². The summed E-state index contributed by atoms with van der Waals surface area (Å²) in [6.07, 6.45) is 0. The number of nitrogens with one attached hydrogen (secondary N) is 3. The summed E-state index contributed by atoms with van der Waals surface area (Å²) >= 11 is 1.04. The highest BCUT2D eigenvalue weighted by atomic mass is 32.2. The van der Waals surface area contributed by atoms with E-state index >= 15 is 0 Å². The zero-order valence-corrected chi connectivity index (χ0v) is 17.9. The van der Waals surface area contributed by atoms with Crippen molar-refractivity contribution in [3.8, 4) is 6.07 Å². The highest BCUT2D eigenvalue weighted by Gasteiger charge is 2.17. The SMILES string of the molecule is Cc1nc(SCC(=O)NNC(=O)c2ccccc2)c(C#N)cc1C(=O)Nc1ccccc1. The Morgan fingerprint density at radius 2 is 1.62 bits per heavy atom. The molecule has 8 nitrogen and oxygen atoms in total. The first-order valence-electron chi connectivity index (χ1n) is 9.53. The lowest BCUT2D eigenvalue weighted by Gasteiger charge is -2.11. The Bertz CT molecular complexity index is 1180. The molecule has 0 unspecified atom stereocenters. The van der Waals surface area contributed by atoms with Crippen molar-refractivity contribution in [1.82, 2.24) is 15.8 Å². The van der Waals surface area contributed by atoms with Crippen LogP contribution in [0.5, 0.6) is 0 Å². The molecule has 32 heavy (non-hydrogen) atoms. The molecular formula is C23H19N5O3S. The number of para-hydroxylation sites is 1. The molecule has 0 saturated heterocycles. The molecule has 3 aromatic rings. The first-order chi connectivity index (χ1) is 15.5. The van der Waals surface area contributed by atoms with Crippen molar-refractivity contribution in [2.24, 2.45) is 0 Å². The van der Waals surface area contributed by atoms with Crippen LogP contribution in [0.15, 0.2) is 71.8 Å². The van der Waals surface area contributed by atoms with Crippen molar-refractivity contribution in [3.05, 3.63) is 89.1 Å². The Balaban J connectivity index is 1.61. The van der Waals surface area contributed by atoms with E-state index in [0.29, 0.717) is 22.0 Å². The number of pyridine rings is 1. The first-order valence-corrected chi connectivity index (χ1v) is 10.5. The van der Waals surface area contributed by atoms with Crippen molar-refractivity contribution >= 4 is 35.2 Å². The highest BCUT2D eigenvalue weighted by Crippen LogP contribution is 2.23. The van der Waals surface area contributed by atoms with Gasteiger partial charge in [-0.05, 0) is 37.3 Å². The fourth-order valence-electron chi connectivity index (χ4n) is 2.68. The van der Waals surface area contributed by atoms with Crippen LogP contribution in [0.2, 0.25) is 0 Å². The number of rotatable bonds is 6. The molecule has 0 aliphatic carbocycles. The molecular weight excluding hydrogens is 426 g/mol. The number of nitriles is 1. The lowest BCUT2D eigenvalue weighted by Crippen LogP contribution is -2.42. The molecule has 1 heterocycles. The molecule has 0 radical (unpaired) electrons. The van der Waals surface area contributed by atoms with Gasteiger partial charge in [-0.1, -0.05) is 48.2 Å². The number of amides is 3. The molecule has 3 amide bonds. The monoisotopic (exact) mass is 445 g/mol. The Labute approximate surface area is 189 Å². The molecule has 0 aliphatic heterocycles. The number of hydrogen-bond donors (Lipinski definition) is 3. The summed E-state index contributed by atoms with van der Waals surface area (Å²) in [5.74, 6) is -1.36. The first kappa shape index (κ1) is 22.5. The van der Waals surface area contributed by atoms with Gasteiger partial charge < -0.3 is 5.32 Å². The predicted molar refractivity (Wildman–Crippen MR) is 121 cm³/mol. The third-order valence-electron chi connectivity index (χ3n) is 4.27. The molecule has 0 atom stereocenters. The molecule has 0 fully saturated rings. The van der Waals surface area contributed by atoms with Crippen LogP contribution in [0.4, 0.5) is 5.69 Å². The van der Waals surface area contributed by atoms with E-state index in [0.717, 1.165) is 11.8 Å². The van der Waals surface area contributed by atoms with Crippen LogP contribution in [0.25, 0.3) is 0 Å². The molecule has 1 aromatic heterocycles. The van der Waals surface area contributed by atoms with Crippen LogP contribution in [0.1, 0.15) is 32.0 Å². The third kappa shape index (κ3) is 5.93. The highest BCUT2D eigenvalue weighted by molar-refractivity contribution is 8.00. The van der Waals surface area contributed by atoms with Gasteiger partial charge in [-0.3, -0.25) is 25.2 Å². The predicted octanol–water partition coefficient (Wildman–Crippen LogP) is 3.07. The van der Waals surface area contributed by atoms with E-state index in [-0.39, 0.29) is 22.8 Å². The van der Waals surface area contributed by atoms with Gasteiger partial charge in [0.25, 0.3) is 11.8 Å². The molecule has 9 heteroatoms. The number of thioether (sulfide) groups is 1. The number of hydrogen-bond acceptors (Lipinski definition) is 6. The number of benzene rings is 2. The minimum Gasteiger partial charge on any atom is -0.322 e. The average molecular weight is 446 g/mol. The molecule has 2 aromatic carbocycles. The quantitative estimate of drug-likeness (QED) is 0.396. The Morgan fingerprint density at radius 1 is 0.969 bits per heavy atom. The largest absolute Gasteiger partial charge is 0.322 e. The van der Waals surface area contributed by atoms with E-state index in [1.165, 1.54) is 6.07 Å². The fourth-order valence-corrected chi connectivity index (χ4v) is 3.48. The Morgan fingerprint density at radius 3 is 2.28 bits per heavy atom. The zero-order valence-electron chi connectivity index (χ0n) is 17.1. The third-order valence-corrected chi connectivity index (χ3v) is 5.26. The molecule has 3 rings (SSSR count). The standard InChI is InChI=1S/C23H19N5O3S/c1-15-19(22(31)26-18-10-6-3-7-11-18)12-17(13-24)23(25-15)32-14-20(29)27-28-21(30)16-8-4-2-5-9-16/h2-12H,14H2,1H3,(H,26,31)(H,27,29)(H,28,30). The maximum absolute atomic E-state index is 12.6. The second-order valence-electron chi connectivity index (χ2n) is 6.56. The van der Waals surface area contributed by atoms with E-state index in [4.69, 9.17) is 0 Å². The number of aryl methyl sites for hydroxylation is 1. The lowest BCUT2D eigenvalue weighted by atomic mass is 10.1. The summed E-state index contributed by atoms with van der Waals surface area (Å²) < 4.78 is 0. The van der Waals surface area contributed by atoms with Crippen molar-refractivity contribution < 1.29 is 14.4 Å². The topological polar surface area (TPSA) is 124 Å². The van der Waals surface area contributed by atoms with Crippen LogP contribution < -0.4 is 16.2 Å². The van der Waals surface area contributed by atoms with Gasteiger partial charge in [0.1, 0.15) is 11.1 Å². The molecule has 0 saturated carbocycles. The normalized spacial score (nSPS) is 10.0. The van der Waals surface area contributed by atoms with E-state index in [1.54, 1.807) is 61.5 Å². The Kier molecular flexibility index (Phi) is 7.56. The summed E-state index contributed by atoms with van der Waals surface area (Å²) in [7, 11) is 0. The summed E-state index contributed by atoms with van der Waals surface area (Å²) in [5.41, 5.74) is 6.58. The number of carbonyl (C=O) groups excluding carboxylic acids is 3. The van der Waals surface area contributed by atoms with Crippen LogP contribution in [-0.2, 0) is 4.79 Å². The molecule has 0 aliphatic rings. The molecule has 0 spiro atoms. The van der Waals surface area contributed by atoms with Gasteiger partial charge in [0.2, 0.25) is 5.91 Å². The number of aromatic nitrogens is 1. The Hall–Kier alpha value is -4.16. The van der Waals surface area contributed by atoms with Crippen LogP contribution in [-0.4, -0.2) is 28.5 Å². The number of nitrogens with zero attached hydrogens (tertiary/aromatic N) is 2. The lowest BCUT2D eigenvalue weighted by molar-refractivity contribution is -0.119. The van der Waals surface area contributed by atoms with Gasteiger partial charge in [0.05, 0.1) is 22.6 Å². The molecule has 3 N–H and O–H groups in total. The average Bonchev–Trinajstić information content (AvgIpc) is 2.82. The van der Waals surface area contributed by atoms with Crippen LogP contribution >= 0.6 is 11.8 Å². The molecule has 0 bridgehead atoms. The summed E-state index contributed by atoms with van der Waals surface area (Å²) in [4.78, 5) is 41.0. The minimum atomic E-state index is -0.464. The fraction of sp³-hybridized carbons (Fsp3) is 0.0870. The van der Waals surface area contributed by atoms with E-state index in [2.05, 4.69) is 21.2 Å². The summed E-state index contributed by atoms with van der Waals surface area (Å²) in [5, 5.41) is 12.6.